The van der Waals surface area contributed by atoms with E-state index in [0.717, 1.165) is 50.4 Å². The Balaban J connectivity index is 1.23. The van der Waals surface area contributed by atoms with E-state index in [1.807, 2.05) is 36.4 Å². The molecule has 0 saturated heterocycles. The van der Waals surface area contributed by atoms with Crippen LogP contribution in [0.4, 0.5) is 17.1 Å². The highest BCUT2D eigenvalue weighted by Crippen LogP contribution is 2.44. The molecule has 0 bridgehead atoms. The number of hydrogen-bond donors (Lipinski definition) is 0. The van der Waals surface area contributed by atoms with Crippen LogP contribution in [0, 0.1) is 0 Å². The molecular weight excluding hydrogens is 623 g/mol. The molecule has 0 fully saturated rings. The Labute approximate surface area is 295 Å². The number of para-hydroxylation sites is 2. The van der Waals surface area contributed by atoms with Crippen LogP contribution in [-0.4, -0.2) is 9.55 Å². The van der Waals surface area contributed by atoms with Crippen LogP contribution in [0.15, 0.2) is 192 Å². The van der Waals surface area contributed by atoms with E-state index in [-0.39, 0.29) is 0 Å². The van der Waals surface area contributed by atoms with E-state index in [9.17, 15) is 0 Å². The average molecular weight is 654 g/mol. The molecule has 4 heteroatoms. The van der Waals surface area contributed by atoms with Crippen LogP contribution < -0.4 is 4.90 Å². The van der Waals surface area contributed by atoms with Crippen molar-refractivity contribution in [2.45, 2.75) is 0 Å². The first kappa shape index (κ1) is 29.0. The molecule has 0 spiro atoms. The monoisotopic (exact) mass is 653 g/mol. The molecule has 0 unspecified atom stereocenters. The summed E-state index contributed by atoms with van der Waals surface area (Å²) in [5.41, 5.74) is 11.5. The summed E-state index contributed by atoms with van der Waals surface area (Å²) < 4.78 is 8.65. The molecule has 0 radical (unpaired) electrons. The third kappa shape index (κ3) is 4.88. The zero-order chi connectivity index (χ0) is 33.7. The minimum atomic E-state index is 0.613. The van der Waals surface area contributed by atoms with Crippen molar-refractivity contribution < 1.29 is 4.42 Å². The third-order valence-electron chi connectivity index (χ3n) is 9.79. The van der Waals surface area contributed by atoms with Gasteiger partial charge in [0.25, 0.3) is 0 Å². The van der Waals surface area contributed by atoms with Crippen LogP contribution in [0.25, 0.3) is 71.9 Å². The lowest BCUT2D eigenvalue weighted by Gasteiger charge is -2.27. The van der Waals surface area contributed by atoms with Crippen molar-refractivity contribution in [3.63, 3.8) is 0 Å². The quantitative estimate of drug-likeness (QED) is 0.179. The number of oxazole rings is 1. The van der Waals surface area contributed by atoms with Crippen LogP contribution in [0.3, 0.4) is 0 Å². The highest BCUT2D eigenvalue weighted by Gasteiger charge is 2.21. The SMILES string of the molecule is c1ccc(-c2cccc(N(c3ccc4oc(-c5ccccc5)nc4c3)c3cccc4c3ccc3c5ccccc5n(-c5ccccc5)c43)c2)cc1. The smallest absolute Gasteiger partial charge is 0.227 e. The van der Waals surface area contributed by atoms with E-state index in [1.165, 1.54) is 32.8 Å². The first-order valence-electron chi connectivity index (χ1n) is 17.2. The second-order valence-corrected chi connectivity index (χ2v) is 12.8. The van der Waals surface area contributed by atoms with Gasteiger partial charge in [0.05, 0.1) is 16.7 Å². The highest BCUT2D eigenvalue weighted by molar-refractivity contribution is 6.20. The molecule has 0 amide bonds. The second-order valence-electron chi connectivity index (χ2n) is 12.8. The fourth-order valence-electron chi connectivity index (χ4n) is 7.48. The summed E-state index contributed by atoms with van der Waals surface area (Å²) in [6.07, 6.45) is 0. The molecule has 0 saturated carbocycles. The van der Waals surface area contributed by atoms with Crippen molar-refractivity contribution >= 4 is 60.7 Å². The Morgan fingerprint density at radius 2 is 1.08 bits per heavy atom. The van der Waals surface area contributed by atoms with Crippen LogP contribution in [0.2, 0.25) is 0 Å². The van der Waals surface area contributed by atoms with Gasteiger partial charge in [0.15, 0.2) is 5.58 Å². The standard InChI is InChI=1S/C47H31N3O/c1-4-14-32(15-5-1)34-18-12-21-36(30-34)49(37-26-29-45-42(31-37)48-47(51-45)33-16-6-2-7-17-33)43-25-13-23-40-39(43)27-28-41-38-22-10-11-24-44(38)50(46(40)41)35-19-8-3-9-20-35/h1-31H. The number of aromatic nitrogens is 2. The van der Waals surface area contributed by atoms with Gasteiger partial charge >= 0.3 is 0 Å². The Morgan fingerprint density at radius 3 is 1.90 bits per heavy atom. The van der Waals surface area contributed by atoms with Crippen molar-refractivity contribution in [3.05, 3.63) is 188 Å². The number of rotatable bonds is 6. The maximum atomic E-state index is 6.25. The molecule has 10 aromatic rings. The molecule has 2 heterocycles. The molecule has 0 aliphatic carbocycles. The van der Waals surface area contributed by atoms with E-state index >= 15 is 0 Å². The first-order valence-corrected chi connectivity index (χ1v) is 17.2. The fourth-order valence-corrected chi connectivity index (χ4v) is 7.48. The lowest BCUT2D eigenvalue weighted by Crippen LogP contribution is -2.10. The van der Waals surface area contributed by atoms with Gasteiger partial charge in [-0.1, -0.05) is 121 Å². The van der Waals surface area contributed by atoms with E-state index in [4.69, 9.17) is 9.40 Å². The van der Waals surface area contributed by atoms with Gasteiger partial charge in [-0.3, -0.25) is 0 Å². The summed E-state index contributed by atoms with van der Waals surface area (Å²) in [7, 11) is 0. The van der Waals surface area contributed by atoms with Gasteiger partial charge in [0, 0.05) is 44.2 Å². The Hall–Kier alpha value is -6.91. The molecule has 0 atom stereocenters. The van der Waals surface area contributed by atoms with Crippen LogP contribution in [0.5, 0.6) is 0 Å². The molecule has 2 aromatic heterocycles. The Kier molecular flexibility index (Phi) is 6.78. The van der Waals surface area contributed by atoms with Crippen molar-refractivity contribution in [3.8, 4) is 28.3 Å². The summed E-state index contributed by atoms with van der Waals surface area (Å²) in [5, 5.41) is 4.81. The van der Waals surface area contributed by atoms with Crippen LogP contribution >= 0.6 is 0 Å². The molecule has 4 nitrogen and oxygen atoms in total. The van der Waals surface area contributed by atoms with Gasteiger partial charge in [-0.25, -0.2) is 4.98 Å². The zero-order valence-electron chi connectivity index (χ0n) is 27.6. The van der Waals surface area contributed by atoms with Crippen molar-refractivity contribution in [2.75, 3.05) is 4.90 Å². The van der Waals surface area contributed by atoms with Crippen LogP contribution in [0.1, 0.15) is 0 Å². The van der Waals surface area contributed by atoms with Gasteiger partial charge in [0.2, 0.25) is 5.89 Å². The van der Waals surface area contributed by atoms with Crippen molar-refractivity contribution in [1.29, 1.82) is 0 Å². The maximum absolute atomic E-state index is 6.25. The molecule has 240 valence electrons. The molecule has 0 aliphatic heterocycles. The number of nitrogens with zero attached hydrogens (tertiary/aromatic N) is 3. The summed E-state index contributed by atoms with van der Waals surface area (Å²) >= 11 is 0. The van der Waals surface area contributed by atoms with E-state index in [2.05, 4.69) is 161 Å². The summed E-state index contributed by atoms with van der Waals surface area (Å²) in [6, 6.07) is 66.3. The van der Waals surface area contributed by atoms with Gasteiger partial charge in [-0.05, 0) is 77.9 Å². The molecule has 0 aliphatic rings. The lowest BCUT2D eigenvalue weighted by molar-refractivity contribution is 0.620. The molecular formula is C47H31N3O. The van der Waals surface area contributed by atoms with Crippen molar-refractivity contribution in [2.24, 2.45) is 0 Å². The van der Waals surface area contributed by atoms with Gasteiger partial charge in [0.1, 0.15) is 5.52 Å². The van der Waals surface area contributed by atoms with Gasteiger partial charge in [-0.2, -0.15) is 0 Å². The fraction of sp³-hybridized carbons (Fsp3) is 0. The van der Waals surface area contributed by atoms with Crippen LogP contribution in [-0.2, 0) is 0 Å². The Bertz CT molecular complexity index is 2850. The molecule has 51 heavy (non-hydrogen) atoms. The molecule has 0 N–H and O–H groups in total. The van der Waals surface area contributed by atoms with E-state index in [1.54, 1.807) is 0 Å². The highest BCUT2D eigenvalue weighted by atomic mass is 16.3. The van der Waals surface area contributed by atoms with E-state index < -0.39 is 0 Å². The normalized spacial score (nSPS) is 11.5. The van der Waals surface area contributed by atoms with Gasteiger partial charge < -0.3 is 13.9 Å². The predicted octanol–water partition coefficient (Wildman–Crippen LogP) is 12.9. The molecule has 10 rings (SSSR count). The third-order valence-corrected chi connectivity index (χ3v) is 9.79. The van der Waals surface area contributed by atoms with Crippen molar-refractivity contribution in [1.82, 2.24) is 9.55 Å². The summed E-state index contributed by atoms with van der Waals surface area (Å²) in [4.78, 5) is 7.31. The average Bonchev–Trinajstić information content (AvgIpc) is 3.79. The lowest BCUT2D eigenvalue weighted by atomic mass is 10.0. The Morgan fingerprint density at radius 1 is 0.451 bits per heavy atom. The maximum Gasteiger partial charge on any atom is 0.227 e. The summed E-state index contributed by atoms with van der Waals surface area (Å²) in [5.74, 6) is 0.613. The first-order chi connectivity index (χ1) is 25.3. The number of anilines is 3. The number of hydrogen-bond acceptors (Lipinski definition) is 3. The zero-order valence-corrected chi connectivity index (χ0v) is 27.6. The minimum Gasteiger partial charge on any atom is -0.436 e. The summed E-state index contributed by atoms with van der Waals surface area (Å²) in [6.45, 7) is 0. The molecule has 8 aromatic carbocycles. The second kappa shape index (κ2) is 11.9. The number of fused-ring (bicyclic) bond motifs is 6. The van der Waals surface area contributed by atoms with Gasteiger partial charge in [-0.15, -0.1) is 0 Å². The predicted molar refractivity (Wildman–Crippen MR) is 211 cm³/mol. The number of benzene rings is 8. The topological polar surface area (TPSA) is 34.2 Å². The minimum absolute atomic E-state index is 0.613. The largest absolute Gasteiger partial charge is 0.436 e. The van der Waals surface area contributed by atoms with E-state index in [0.29, 0.717) is 5.89 Å².